The second-order valence-electron chi connectivity index (χ2n) is 6.44. The number of carbonyl (C=O) groups is 2. The number of benzene rings is 2. The number of hydrogen-bond donors (Lipinski definition) is 0. The van der Waals surface area contributed by atoms with E-state index in [4.69, 9.17) is 14.2 Å². The van der Waals surface area contributed by atoms with Gasteiger partial charge in [0.05, 0.1) is 18.8 Å². The first-order valence-electron chi connectivity index (χ1n) is 9.53. The van der Waals surface area contributed by atoms with Gasteiger partial charge in [-0.05, 0) is 49.6 Å². The lowest BCUT2D eigenvalue weighted by Crippen LogP contribution is -2.38. The Morgan fingerprint density at radius 2 is 1.68 bits per heavy atom. The third kappa shape index (κ3) is 4.63. The first-order chi connectivity index (χ1) is 13.6. The van der Waals surface area contributed by atoms with Gasteiger partial charge in [0.2, 0.25) is 0 Å². The van der Waals surface area contributed by atoms with Crippen LogP contribution in [0.2, 0.25) is 0 Å². The molecule has 148 valence electrons. The van der Waals surface area contributed by atoms with Crippen LogP contribution in [0.15, 0.2) is 42.5 Å². The molecule has 1 aliphatic rings. The molecule has 0 aromatic heterocycles. The SMILES string of the molecule is CCOc1ccc(C(=O)OCC(=O)N2CCc3ccccc3C2)cc1OCC. The number of nitrogens with zero attached hydrogens (tertiary/aromatic N) is 1. The Bertz CT molecular complexity index is 849. The summed E-state index contributed by atoms with van der Waals surface area (Å²) in [4.78, 5) is 26.5. The monoisotopic (exact) mass is 383 g/mol. The number of esters is 1. The molecule has 3 rings (SSSR count). The highest BCUT2D eigenvalue weighted by Gasteiger charge is 2.22. The van der Waals surface area contributed by atoms with Crippen molar-refractivity contribution in [1.82, 2.24) is 4.90 Å². The highest BCUT2D eigenvalue weighted by atomic mass is 16.5. The van der Waals surface area contributed by atoms with E-state index < -0.39 is 5.97 Å². The molecule has 0 bridgehead atoms. The molecule has 28 heavy (non-hydrogen) atoms. The second kappa shape index (κ2) is 9.26. The Morgan fingerprint density at radius 3 is 2.43 bits per heavy atom. The van der Waals surface area contributed by atoms with Crippen LogP contribution in [0.3, 0.4) is 0 Å². The molecule has 0 saturated carbocycles. The molecule has 0 aliphatic carbocycles. The summed E-state index contributed by atoms with van der Waals surface area (Å²) in [5.74, 6) is 0.301. The largest absolute Gasteiger partial charge is 0.490 e. The highest BCUT2D eigenvalue weighted by molar-refractivity contribution is 5.92. The minimum atomic E-state index is -0.560. The van der Waals surface area contributed by atoms with Crippen LogP contribution in [0.5, 0.6) is 11.5 Å². The van der Waals surface area contributed by atoms with E-state index in [0.29, 0.717) is 43.4 Å². The van der Waals surface area contributed by atoms with Crippen LogP contribution >= 0.6 is 0 Å². The van der Waals surface area contributed by atoms with Crippen molar-refractivity contribution in [1.29, 1.82) is 0 Å². The van der Waals surface area contributed by atoms with Crippen molar-refractivity contribution in [3.05, 3.63) is 59.2 Å². The summed E-state index contributed by atoms with van der Waals surface area (Å²) in [6, 6.07) is 12.9. The van der Waals surface area contributed by atoms with E-state index in [1.165, 1.54) is 5.56 Å². The zero-order valence-corrected chi connectivity index (χ0v) is 16.3. The summed E-state index contributed by atoms with van der Waals surface area (Å²) in [5.41, 5.74) is 2.73. The van der Waals surface area contributed by atoms with Crippen LogP contribution < -0.4 is 9.47 Å². The minimum Gasteiger partial charge on any atom is -0.490 e. The van der Waals surface area contributed by atoms with Gasteiger partial charge in [-0.2, -0.15) is 0 Å². The van der Waals surface area contributed by atoms with Crippen molar-refractivity contribution >= 4 is 11.9 Å². The molecule has 1 heterocycles. The summed E-state index contributed by atoms with van der Waals surface area (Å²) in [7, 11) is 0. The third-order valence-electron chi connectivity index (χ3n) is 4.59. The lowest BCUT2D eigenvalue weighted by atomic mass is 10.00. The molecule has 1 aliphatic heterocycles. The van der Waals surface area contributed by atoms with E-state index in [1.807, 2.05) is 32.0 Å². The summed E-state index contributed by atoms with van der Waals surface area (Å²) < 4.78 is 16.3. The van der Waals surface area contributed by atoms with Crippen LogP contribution in [-0.4, -0.2) is 43.1 Å². The molecule has 6 nitrogen and oxygen atoms in total. The third-order valence-corrected chi connectivity index (χ3v) is 4.59. The van der Waals surface area contributed by atoms with Gasteiger partial charge >= 0.3 is 5.97 Å². The molecule has 6 heteroatoms. The Balaban J connectivity index is 1.59. The van der Waals surface area contributed by atoms with Crippen LogP contribution in [-0.2, 0) is 22.5 Å². The summed E-state index contributed by atoms with van der Waals surface area (Å²) in [5, 5.41) is 0. The average molecular weight is 383 g/mol. The van der Waals surface area contributed by atoms with E-state index in [2.05, 4.69) is 6.07 Å². The molecular formula is C22H25NO5. The van der Waals surface area contributed by atoms with Gasteiger partial charge in [0.1, 0.15) is 0 Å². The normalized spacial score (nSPS) is 12.9. The van der Waals surface area contributed by atoms with E-state index >= 15 is 0 Å². The average Bonchev–Trinajstić information content (AvgIpc) is 2.73. The smallest absolute Gasteiger partial charge is 0.338 e. The Hall–Kier alpha value is -3.02. The molecule has 2 aromatic carbocycles. The maximum absolute atomic E-state index is 12.5. The van der Waals surface area contributed by atoms with Gasteiger partial charge in [-0.25, -0.2) is 4.79 Å². The topological polar surface area (TPSA) is 65.1 Å². The van der Waals surface area contributed by atoms with Crippen LogP contribution in [0.4, 0.5) is 0 Å². The fourth-order valence-electron chi connectivity index (χ4n) is 3.19. The number of rotatable bonds is 7. The molecule has 2 aromatic rings. The molecule has 0 fully saturated rings. The van der Waals surface area contributed by atoms with Gasteiger partial charge in [-0.1, -0.05) is 24.3 Å². The van der Waals surface area contributed by atoms with Crippen molar-refractivity contribution in [2.75, 3.05) is 26.4 Å². The Kier molecular flexibility index (Phi) is 6.53. The van der Waals surface area contributed by atoms with Crippen LogP contribution in [0.1, 0.15) is 35.3 Å². The fourth-order valence-corrected chi connectivity index (χ4v) is 3.19. The predicted molar refractivity (Wildman–Crippen MR) is 105 cm³/mol. The van der Waals surface area contributed by atoms with Gasteiger partial charge < -0.3 is 19.1 Å². The van der Waals surface area contributed by atoms with Gasteiger partial charge in [0, 0.05) is 13.1 Å². The maximum Gasteiger partial charge on any atom is 0.338 e. The van der Waals surface area contributed by atoms with Crippen molar-refractivity contribution in [3.8, 4) is 11.5 Å². The van der Waals surface area contributed by atoms with Crippen molar-refractivity contribution in [3.63, 3.8) is 0 Å². The fraction of sp³-hybridized carbons (Fsp3) is 0.364. The summed E-state index contributed by atoms with van der Waals surface area (Å²) in [6.45, 7) is 5.58. The number of carbonyl (C=O) groups excluding carboxylic acids is 2. The van der Waals surface area contributed by atoms with E-state index in [0.717, 1.165) is 12.0 Å². The molecule has 0 atom stereocenters. The Morgan fingerprint density at radius 1 is 0.964 bits per heavy atom. The van der Waals surface area contributed by atoms with Gasteiger partial charge in [0.25, 0.3) is 5.91 Å². The lowest BCUT2D eigenvalue weighted by molar-refractivity contribution is -0.135. The molecule has 0 radical (unpaired) electrons. The number of fused-ring (bicyclic) bond motifs is 1. The number of hydrogen-bond acceptors (Lipinski definition) is 5. The summed E-state index contributed by atoms with van der Waals surface area (Å²) in [6.07, 6.45) is 0.812. The number of ether oxygens (including phenoxy) is 3. The van der Waals surface area contributed by atoms with Gasteiger partial charge in [0.15, 0.2) is 18.1 Å². The maximum atomic E-state index is 12.5. The molecule has 0 saturated heterocycles. The minimum absolute atomic E-state index is 0.196. The molecule has 0 N–H and O–H groups in total. The first kappa shape index (κ1) is 19.7. The Labute approximate surface area is 165 Å². The molecule has 0 unspecified atom stereocenters. The number of amides is 1. The molecule has 0 spiro atoms. The predicted octanol–water partition coefficient (Wildman–Crippen LogP) is 3.23. The second-order valence-corrected chi connectivity index (χ2v) is 6.44. The first-order valence-corrected chi connectivity index (χ1v) is 9.53. The quantitative estimate of drug-likeness (QED) is 0.687. The zero-order valence-electron chi connectivity index (χ0n) is 16.3. The standard InChI is InChI=1S/C22H25NO5/c1-3-26-19-10-9-17(13-20(19)27-4-2)22(25)28-15-21(24)23-12-11-16-7-5-6-8-18(16)14-23/h5-10,13H,3-4,11-12,14-15H2,1-2H3. The summed E-state index contributed by atoms with van der Waals surface area (Å²) >= 11 is 0. The van der Waals surface area contributed by atoms with E-state index in [1.54, 1.807) is 23.1 Å². The van der Waals surface area contributed by atoms with Crippen LogP contribution in [0.25, 0.3) is 0 Å². The zero-order chi connectivity index (χ0) is 19.9. The van der Waals surface area contributed by atoms with Crippen molar-refractivity contribution < 1.29 is 23.8 Å². The van der Waals surface area contributed by atoms with Crippen molar-refractivity contribution in [2.45, 2.75) is 26.8 Å². The van der Waals surface area contributed by atoms with Gasteiger partial charge in [-0.15, -0.1) is 0 Å². The molecular weight excluding hydrogens is 358 g/mol. The molecule has 1 amide bonds. The van der Waals surface area contributed by atoms with E-state index in [-0.39, 0.29) is 12.5 Å². The van der Waals surface area contributed by atoms with Gasteiger partial charge in [-0.3, -0.25) is 4.79 Å². The van der Waals surface area contributed by atoms with Crippen LogP contribution in [0, 0.1) is 0 Å². The lowest BCUT2D eigenvalue weighted by Gasteiger charge is -2.28. The van der Waals surface area contributed by atoms with Crippen molar-refractivity contribution in [2.24, 2.45) is 0 Å². The van der Waals surface area contributed by atoms with E-state index in [9.17, 15) is 9.59 Å². The highest BCUT2D eigenvalue weighted by Crippen LogP contribution is 2.29.